The molecule has 0 atom stereocenters. The molecule has 7 heteroatoms. The Hall–Kier alpha value is -2.83. The van der Waals surface area contributed by atoms with Gasteiger partial charge in [0.1, 0.15) is 11.5 Å². The summed E-state index contributed by atoms with van der Waals surface area (Å²) in [5, 5.41) is 12.9. The molecule has 0 unspecified atom stereocenters. The molecule has 1 aliphatic carbocycles. The SMILES string of the molecule is CCCC(=O)Nc1ccc(OB(F)F)c(C(O)=CC=C2C=CC=C2)c1. The number of aliphatic hydroxyl groups is 1. The van der Waals surface area contributed by atoms with E-state index < -0.39 is 7.47 Å². The first-order valence-corrected chi connectivity index (χ1v) is 7.84. The Labute approximate surface area is 145 Å². The standard InChI is InChI=1S/C18H18BF2NO3/c1-2-5-18(24)22-14-9-11-17(25-19(20)21)15(12-14)16(23)10-8-13-6-3-4-7-13/h3-4,6-12,23H,2,5H2,1H3,(H,22,24). The van der Waals surface area contributed by atoms with Gasteiger partial charge >= 0.3 is 7.47 Å². The van der Waals surface area contributed by atoms with Gasteiger partial charge in [-0.3, -0.25) is 4.79 Å². The minimum Gasteiger partial charge on any atom is -0.507 e. The second-order valence-corrected chi connectivity index (χ2v) is 5.32. The lowest BCUT2D eigenvalue weighted by molar-refractivity contribution is -0.116. The fraction of sp³-hybridized carbons (Fsp3) is 0.167. The van der Waals surface area contributed by atoms with Crippen LogP contribution in [0.4, 0.5) is 14.3 Å². The van der Waals surface area contributed by atoms with Crippen molar-refractivity contribution in [1.29, 1.82) is 0 Å². The summed E-state index contributed by atoms with van der Waals surface area (Å²) in [6.45, 7) is 1.87. The van der Waals surface area contributed by atoms with Crippen LogP contribution < -0.4 is 9.97 Å². The Morgan fingerprint density at radius 3 is 2.68 bits per heavy atom. The molecule has 130 valence electrons. The quantitative estimate of drug-likeness (QED) is 0.557. The third kappa shape index (κ3) is 5.63. The van der Waals surface area contributed by atoms with E-state index in [-0.39, 0.29) is 23.0 Å². The number of halogens is 2. The van der Waals surface area contributed by atoms with Gasteiger partial charge < -0.3 is 15.1 Å². The average molecular weight is 345 g/mol. The van der Waals surface area contributed by atoms with Crippen LogP contribution in [0.1, 0.15) is 25.3 Å². The molecule has 1 aromatic carbocycles. The maximum Gasteiger partial charge on any atom is 0.796 e. The van der Waals surface area contributed by atoms with Crippen molar-refractivity contribution in [1.82, 2.24) is 0 Å². The van der Waals surface area contributed by atoms with E-state index in [0.29, 0.717) is 18.5 Å². The third-order valence-electron chi connectivity index (χ3n) is 3.35. The molecule has 2 N–H and O–H groups in total. The van der Waals surface area contributed by atoms with E-state index in [1.165, 1.54) is 24.3 Å². The Morgan fingerprint density at radius 2 is 2.04 bits per heavy atom. The molecule has 0 bridgehead atoms. The zero-order chi connectivity index (χ0) is 18.2. The van der Waals surface area contributed by atoms with Crippen LogP contribution in [0, 0.1) is 0 Å². The van der Waals surface area contributed by atoms with E-state index >= 15 is 0 Å². The Morgan fingerprint density at radius 1 is 1.32 bits per heavy atom. The number of aliphatic hydroxyl groups excluding tert-OH is 1. The molecule has 0 radical (unpaired) electrons. The fourth-order valence-corrected chi connectivity index (χ4v) is 2.22. The average Bonchev–Trinajstić information content (AvgIpc) is 3.07. The highest BCUT2D eigenvalue weighted by Crippen LogP contribution is 2.29. The van der Waals surface area contributed by atoms with Crippen LogP contribution in [-0.4, -0.2) is 18.5 Å². The van der Waals surface area contributed by atoms with Gasteiger partial charge in [0.05, 0.1) is 5.56 Å². The zero-order valence-electron chi connectivity index (χ0n) is 13.7. The third-order valence-corrected chi connectivity index (χ3v) is 3.35. The van der Waals surface area contributed by atoms with E-state index in [2.05, 4.69) is 9.97 Å². The summed E-state index contributed by atoms with van der Waals surface area (Å²) in [5.74, 6) is -0.612. The molecule has 0 saturated heterocycles. The summed E-state index contributed by atoms with van der Waals surface area (Å²) in [4.78, 5) is 11.7. The number of carbonyl (C=O) groups is 1. The normalized spacial score (nSPS) is 13.1. The first kappa shape index (κ1) is 18.5. The van der Waals surface area contributed by atoms with Crippen molar-refractivity contribution in [2.24, 2.45) is 0 Å². The van der Waals surface area contributed by atoms with Crippen molar-refractivity contribution >= 4 is 24.8 Å². The number of rotatable bonds is 7. The zero-order valence-corrected chi connectivity index (χ0v) is 13.7. The number of carbonyl (C=O) groups excluding carboxylic acids is 1. The first-order valence-electron chi connectivity index (χ1n) is 7.84. The predicted octanol–water partition coefficient (Wildman–Crippen LogP) is 4.68. The Balaban J connectivity index is 2.31. The van der Waals surface area contributed by atoms with Crippen molar-refractivity contribution in [2.45, 2.75) is 19.8 Å². The smallest absolute Gasteiger partial charge is 0.507 e. The van der Waals surface area contributed by atoms with Crippen molar-refractivity contribution < 1.29 is 23.2 Å². The molecule has 0 saturated carbocycles. The lowest BCUT2D eigenvalue weighted by Gasteiger charge is -2.12. The van der Waals surface area contributed by atoms with Crippen LogP contribution >= 0.6 is 0 Å². The number of allylic oxidation sites excluding steroid dienone is 7. The lowest BCUT2D eigenvalue weighted by Crippen LogP contribution is -2.12. The molecule has 4 nitrogen and oxygen atoms in total. The largest absolute Gasteiger partial charge is 0.796 e. The summed E-state index contributed by atoms with van der Waals surface area (Å²) < 4.78 is 29.6. The summed E-state index contributed by atoms with van der Waals surface area (Å²) >= 11 is 0. The molecule has 0 aliphatic heterocycles. The maximum absolute atomic E-state index is 12.6. The second-order valence-electron chi connectivity index (χ2n) is 5.32. The molecule has 1 aromatic rings. The van der Waals surface area contributed by atoms with Gasteiger partial charge in [-0.25, -0.2) is 8.63 Å². The Kier molecular flexibility index (Phi) is 6.57. The first-order chi connectivity index (χ1) is 12.0. The highest BCUT2D eigenvalue weighted by molar-refractivity contribution is 6.35. The van der Waals surface area contributed by atoms with Crippen LogP contribution in [0.25, 0.3) is 5.76 Å². The van der Waals surface area contributed by atoms with Crippen molar-refractivity contribution in [3.05, 3.63) is 65.8 Å². The number of benzene rings is 1. The summed E-state index contributed by atoms with van der Waals surface area (Å²) in [5.41, 5.74) is 1.32. The van der Waals surface area contributed by atoms with Crippen LogP contribution in [0.15, 0.2) is 60.2 Å². The Bertz CT molecular complexity index is 741. The van der Waals surface area contributed by atoms with Gasteiger partial charge in [-0.1, -0.05) is 37.3 Å². The molecule has 0 spiro atoms. The molecule has 1 amide bonds. The van der Waals surface area contributed by atoms with Crippen LogP contribution in [0.3, 0.4) is 0 Å². The van der Waals surface area contributed by atoms with Crippen LogP contribution in [0.2, 0.25) is 0 Å². The molecule has 1 aliphatic rings. The van der Waals surface area contributed by atoms with E-state index in [0.717, 1.165) is 5.57 Å². The van der Waals surface area contributed by atoms with Gasteiger partial charge in [0.25, 0.3) is 0 Å². The lowest BCUT2D eigenvalue weighted by atomic mass is 10.1. The monoisotopic (exact) mass is 345 g/mol. The molecule has 0 fully saturated rings. The fourth-order valence-electron chi connectivity index (χ4n) is 2.22. The molecular weight excluding hydrogens is 327 g/mol. The highest BCUT2D eigenvalue weighted by Gasteiger charge is 2.21. The minimum atomic E-state index is -3.02. The molecule has 0 aromatic heterocycles. The summed E-state index contributed by atoms with van der Waals surface area (Å²) in [6.07, 6.45) is 11.4. The second kappa shape index (κ2) is 8.87. The summed E-state index contributed by atoms with van der Waals surface area (Å²) in [7, 11) is -3.02. The highest BCUT2D eigenvalue weighted by atomic mass is 19.2. The summed E-state index contributed by atoms with van der Waals surface area (Å²) in [6, 6.07) is 4.13. The number of anilines is 1. The topological polar surface area (TPSA) is 58.6 Å². The van der Waals surface area contributed by atoms with E-state index in [9.17, 15) is 18.5 Å². The van der Waals surface area contributed by atoms with Crippen LogP contribution in [-0.2, 0) is 4.79 Å². The van der Waals surface area contributed by atoms with E-state index in [4.69, 9.17) is 0 Å². The van der Waals surface area contributed by atoms with Gasteiger partial charge in [0.15, 0.2) is 0 Å². The van der Waals surface area contributed by atoms with Gasteiger partial charge in [0, 0.05) is 12.1 Å². The maximum atomic E-state index is 12.6. The molecule has 25 heavy (non-hydrogen) atoms. The van der Waals surface area contributed by atoms with Gasteiger partial charge in [-0.05, 0) is 36.3 Å². The van der Waals surface area contributed by atoms with Gasteiger partial charge in [-0.2, -0.15) is 0 Å². The molecule has 2 rings (SSSR count). The number of hydrogen-bond donors (Lipinski definition) is 2. The minimum absolute atomic E-state index is 0.0670. The predicted molar refractivity (Wildman–Crippen MR) is 95.5 cm³/mol. The van der Waals surface area contributed by atoms with Gasteiger partial charge in [0.2, 0.25) is 5.91 Å². The molecular formula is C18H18BF2NO3. The van der Waals surface area contributed by atoms with Gasteiger partial charge in [-0.15, -0.1) is 0 Å². The van der Waals surface area contributed by atoms with E-state index in [1.807, 2.05) is 31.2 Å². The number of nitrogens with one attached hydrogen (secondary N) is 1. The van der Waals surface area contributed by atoms with Crippen molar-refractivity contribution in [2.75, 3.05) is 5.32 Å². The van der Waals surface area contributed by atoms with Crippen LogP contribution in [0.5, 0.6) is 5.75 Å². The number of hydrogen-bond acceptors (Lipinski definition) is 3. The van der Waals surface area contributed by atoms with E-state index in [1.54, 1.807) is 6.08 Å². The number of amides is 1. The molecule has 0 heterocycles. The van der Waals surface area contributed by atoms with Crippen molar-refractivity contribution in [3.8, 4) is 5.75 Å². The van der Waals surface area contributed by atoms with Crippen molar-refractivity contribution in [3.63, 3.8) is 0 Å².